The highest BCUT2D eigenvalue weighted by Crippen LogP contribution is 2.37. The summed E-state index contributed by atoms with van der Waals surface area (Å²) >= 11 is 0. The number of oxime groups is 1. The summed E-state index contributed by atoms with van der Waals surface area (Å²) in [4.78, 5) is 18.3. The zero-order valence-corrected chi connectivity index (χ0v) is 19.1. The van der Waals surface area contributed by atoms with Crippen molar-refractivity contribution in [3.63, 3.8) is 0 Å². The van der Waals surface area contributed by atoms with E-state index in [1.54, 1.807) is 43.3 Å². The zero-order valence-electron chi connectivity index (χ0n) is 19.1. The van der Waals surface area contributed by atoms with Crippen LogP contribution in [0.1, 0.15) is 29.2 Å². The van der Waals surface area contributed by atoms with Crippen LogP contribution < -0.4 is 0 Å². The average Bonchev–Trinajstić information content (AvgIpc) is 2.81. The lowest BCUT2D eigenvalue weighted by molar-refractivity contribution is -0.147. The van der Waals surface area contributed by atoms with Crippen LogP contribution in [0.3, 0.4) is 0 Å². The van der Waals surface area contributed by atoms with Crippen LogP contribution in [0.2, 0.25) is 0 Å². The SMILES string of the molecule is CC(=NOCc1ccc(-c2ccccc2)c(C(F)(F)F)c1)c1ccc(CN2CC(C(=O)O)C2)cc1. The number of alkyl halides is 3. The van der Waals surface area contributed by atoms with Crippen LogP contribution in [0, 0.1) is 5.92 Å². The van der Waals surface area contributed by atoms with Crippen LogP contribution in [0.4, 0.5) is 13.2 Å². The van der Waals surface area contributed by atoms with Crippen LogP contribution in [-0.2, 0) is 29.0 Å². The van der Waals surface area contributed by atoms with Crippen molar-refractivity contribution in [2.75, 3.05) is 13.1 Å². The van der Waals surface area contributed by atoms with Gasteiger partial charge in [0.1, 0.15) is 6.61 Å². The van der Waals surface area contributed by atoms with Gasteiger partial charge < -0.3 is 9.94 Å². The summed E-state index contributed by atoms with van der Waals surface area (Å²) in [6.45, 7) is 3.45. The maximum Gasteiger partial charge on any atom is 0.417 e. The van der Waals surface area contributed by atoms with Crippen molar-refractivity contribution in [3.05, 3.63) is 95.1 Å². The van der Waals surface area contributed by atoms with Crippen molar-refractivity contribution in [2.24, 2.45) is 11.1 Å². The molecule has 0 spiro atoms. The minimum Gasteiger partial charge on any atom is -0.481 e. The van der Waals surface area contributed by atoms with E-state index in [0.29, 0.717) is 36.5 Å². The van der Waals surface area contributed by atoms with E-state index in [1.165, 1.54) is 6.07 Å². The van der Waals surface area contributed by atoms with Crippen molar-refractivity contribution in [3.8, 4) is 11.1 Å². The summed E-state index contributed by atoms with van der Waals surface area (Å²) in [5, 5.41) is 13.0. The molecule has 0 amide bonds. The third-order valence-corrected chi connectivity index (χ3v) is 5.99. The summed E-state index contributed by atoms with van der Waals surface area (Å²) in [5.41, 5.74) is 2.78. The molecule has 1 fully saturated rings. The largest absolute Gasteiger partial charge is 0.481 e. The first-order valence-electron chi connectivity index (χ1n) is 11.2. The lowest BCUT2D eigenvalue weighted by atomic mass is 9.97. The Morgan fingerprint density at radius 1 is 1.03 bits per heavy atom. The second kappa shape index (κ2) is 10.3. The van der Waals surface area contributed by atoms with Gasteiger partial charge in [0.05, 0.1) is 17.2 Å². The number of nitrogens with zero attached hydrogens (tertiary/aromatic N) is 2. The minimum absolute atomic E-state index is 0.0900. The predicted octanol–water partition coefficient (Wildman–Crippen LogP) is 5.83. The molecule has 0 unspecified atom stereocenters. The first kappa shape index (κ1) is 24.5. The van der Waals surface area contributed by atoms with Crippen molar-refractivity contribution in [1.82, 2.24) is 4.90 Å². The third-order valence-electron chi connectivity index (χ3n) is 5.99. The molecule has 5 nitrogen and oxygen atoms in total. The van der Waals surface area contributed by atoms with E-state index in [9.17, 15) is 18.0 Å². The number of likely N-dealkylation sites (tertiary alicyclic amines) is 1. The third kappa shape index (κ3) is 6.08. The Morgan fingerprint density at radius 2 is 1.69 bits per heavy atom. The Kier molecular flexibility index (Phi) is 7.21. The van der Waals surface area contributed by atoms with Gasteiger partial charge in [0.15, 0.2) is 0 Å². The first-order valence-corrected chi connectivity index (χ1v) is 11.2. The Hall–Kier alpha value is -3.65. The Morgan fingerprint density at radius 3 is 2.31 bits per heavy atom. The number of carboxylic acid groups (broad SMARTS) is 1. The van der Waals surface area contributed by atoms with Gasteiger partial charge in [0, 0.05) is 19.6 Å². The van der Waals surface area contributed by atoms with E-state index in [0.717, 1.165) is 17.2 Å². The molecule has 1 aliphatic rings. The molecule has 182 valence electrons. The van der Waals surface area contributed by atoms with E-state index in [-0.39, 0.29) is 18.1 Å². The molecule has 35 heavy (non-hydrogen) atoms. The van der Waals surface area contributed by atoms with Crippen LogP contribution in [0.5, 0.6) is 0 Å². The van der Waals surface area contributed by atoms with E-state index in [2.05, 4.69) is 10.1 Å². The lowest BCUT2D eigenvalue weighted by Crippen LogP contribution is -2.49. The summed E-state index contributed by atoms with van der Waals surface area (Å²) in [6, 6.07) is 20.3. The summed E-state index contributed by atoms with van der Waals surface area (Å²) in [7, 11) is 0. The van der Waals surface area contributed by atoms with Gasteiger partial charge in [-0.2, -0.15) is 13.2 Å². The molecule has 3 aromatic carbocycles. The van der Waals surface area contributed by atoms with Gasteiger partial charge in [-0.05, 0) is 40.8 Å². The molecule has 1 aliphatic heterocycles. The lowest BCUT2D eigenvalue weighted by Gasteiger charge is -2.36. The average molecular weight is 483 g/mol. The van der Waals surface area contributed by atoms with Crippen LogP contribution in [0.25, 0.3) is 11.1 Å². The van der Waals surface area contributed by atoms with Gasteiger partial charge in [-0.3, -0.25) is 9.69 Å². The number of aliphatic carboxylic acids is 1. The van der Waals surface area contributed by atoms with Crippen molar-refractivity contribution in [2.45, 2.75) is 26.3 Å². The molecule has 0 aliphatic carbocycles. The van der Waals surface area contributed by atoms with E-state index in [1.807, 2.05) is 24.3 Å². The molecule has 4 rings (SSSR count). The number of carboxylic acids is 1. The standard InChI is InChI=1S/C27H25F3N2O3/c1-18(21-10-7-19(8-11-21)14-32-15-23(16-32)26(33)34)31-35-17-20-9-12-24(22-5-3-2-4-6-22)25(13-20)27(28,29)30/h2-13,23H,14-17H2,1H3,(H,33,34). The fourth-order valence-corrected chi connectivity index (χ4v) is 4.01. The number of halogens is 3. The molecular weight excluding hydrogens is 457 g/mol. The molecule has 1 N–H and O–H groups in total. The molecule has 0 bridgehead atoms. The molecule has 8 heteroatoms. The fraction of sp³-hybridized carbons (Fsp3) is 0.259. The van der Waals surface area contributed by atoms with Gasteiger partial charge in [-0.25, -0.2) is 0 Å². The molecule has 0 atom stereocenters. The maximum atomic E-state index is 13.7. The minimum atomic E-state index is -4.49. The molecule has 0 aromatic heterocycles. The Balaban J connectivity index is 1.37. The topological polar surface area (TPSA) is 62.1 Å². The molecule has 0 saturated carbocycles. The molecular formula is C27H25F3N2O3. The Labute approximate surface area is 201 Å². The van der Waals surface area contributed by atoms with Gasteiger partial charge >= 0.3 is 12.1 Å². The highest BCUT2D eigenvalue weighted by molar-refractivity contribution is 5.98. The van der Waals surface area contributed by atoms with Crippen LogP contribution in [0.15, 0.2) is 78.0 Å². The summed E-state index contributed by atoms with van der Waals surface area (Å²) < 4.78 is 41.0. The first-order chi connectivity index (χ1) is 16.7. The number of carbonyl (C=O) groups is 1. The second-order valence-corrected chi connectivity index (χ2v) is 8.62. The monoisotopic (exact) mass is 482 g/mol. The molecule has 3 aromatic rings. The van der Waals surface area contributed by atoms with E-state index in [4.69, 9.17) is 9.94 Å². The number of benzene rings is 3. The van der Waals surface area contributed by atoms with Crippen LogP contribution in [-0.4, -0.2) is 34.8 Å². The number of rotatable bonds is 8. The zero-order chi connectivity index (χ0) is 25.0. The highest BCUT2D eigenvalue weighted by atomic mass is 19.4. The van der Waals surface area contributed by atoms with Crippen molar-refractivity contribution < 1.29 is 27.9 Å². The van der Waals surface area contributed by atoms with Gasteiger partial charge in [0.2, 0.25) is 0 Å². The smallest absolute Gasteiger partial charge is 0.417 e. The van der Waals surface area contributed by atoms with Gasteiger partial charge in [0.25, 0.3) is 0 Å². The molecule has 0 radical (unpaired) electrons. The van der Waals surface area contributed by atoms with Gasteiger partial charge in [-0.1, -0.05) is 71.9 Å². The van der Waals surface area contributed by atoms with E-state index >= 15 is 0 Å². The fourth-order valence-electron chi connectivity index (χ4n) is 4.01. The Bertz CT molecular complexity index is 1200. The predicted molar refractivity (Wildman–Crippen MR) is 127 cm³/mol. The molecule has 1 heterocycles. The van der Waals surface area contributed by atoms with Crippen molar-refractivity contribution >= 4 is 11.7 Å². The highest BCUT2D eigenvalue weighted by Gasteiger charge is 2.34. The normalized spacial score (nSPS) is 15.0. The van der Waals surface area contributed by atoms with Gasteiger partial charge in [-0.15, -0.1) is 0 Å². The van der Waals surface area contributed by atoms with Crippen molar-refractivity contribution in [1.29, 1.82) is 0 Å². The summed E-state index contributed by atoms with van der Waals surface area (Å²) in [5.74, 6) is -1.05. The van der Waals surface area contributed by atoms with E-state index < -0.39 is 17.7 Å². The number of hydrogen-bond acceptors (Lipinski definition) is 4. The molecule has 1 saturated heterocycles. The second-order valence-electron chi connectivity index (χ2n) is 8.62. The quantitative estimate of drug-likeness (QED) is 0.324. The summed E-state index contributed by atoms with van der Waals surface area (Å²) in [6.07, 6.45) is -4.49. The van der Waals surface area contributed by atoms with Crippen LogP contribution >= 0.6 is 0 Å². The maximum absolute atomic E-state index is 13.7. The number of hydrogen-bond donors (Lipinski definition) is 1.